The van der Waals surface area contributed by atoms with Gasteiger partial charge < -0.3 is 20.6 Å². The molecule has 3 aromatic carbocycles. The van der Waals surface area contributed by atoms with Crippen LogP contribution in [0.1, 0.15) is 47.8 Å². The van der Waals surface area contributed by atoms with Crippen LogP contribution in [0.2, 0.25) is 0 Å². The molecule has 6 nitrogen and oxygen atoms in total. The van der Waals surface area contributed by atoms with Gasteiger partial charge in [0.05, 0.1) is 29.1 Å². The number of aliphatic imine (C=N–C) groups is 1. The first kappa shape index (κ1) is 22.3. The lowest BCUT2D eigenvalue weighted by Gasteiger charge is -2.19. The summed E-state index contributed by atoms with van der Waals surface area (Å²) >= 11 is 0. The number of ether oxygens (including phenoxy) is 1. The third kappa shape index (κ3) is 4.66. The third-order valence-electron chi connectivity index (χ3n) is 5.41. The van der Waals surface area contributed by atoms with E-state index in [1.807, 2.05) is 68.4 Å². The number of hydrogen-bond acceptors (Lipinski definition) is 5. The number of nitrogens with one attached hydrogen (secondary N) is 1. The van der Waals surface area contributed by atoms with E-state index < -0.39 is 11.5 Å². The van der Waals surface area contributed by atoms with E-state index in [-0.39, 0.29) is 5.88 Å². The molecule has 4 aromatic rings. The Kier molecular flexibility index (Phi) is 6.03. The summed E-state index contributed by atoms with van der Waals surface area (Å²) in [4.78, 5) is 20.1. The van der Waals surface area contributed by atoms with Crippen molar-refractivity contribution in [2.24, 2.45) is 10.7 Å². The van der Waals surface area contributed by atoms with Crippen molar-refractivity contribution in [3.63, 3.8) is 0 Å². The van der Waals surface area contributed by atoms with Gasteiger partial charge in [-0.05, 0) is 50.6 Å². The maximum atomic E-state index is 12.2. The number of rotatable bonds is 6. The summed E-state index contributed by atoms with van der Waals surface area (Å²) in [6.07, 6.45) is 0. The summed E-state index contributed by atoms with van der Waals surface area (Å²) in [7, 11) is 0. The first-order valence-corrected chi connectivity index (χ1v) is 10.8. The highest BCUT2D eigenvalue weighted by Gasteiger charge is 2.20. The molecule has 168 valence electrons. The minimum atomic E-state index is -0.509. The summed E-state index contributed by atoms with van der Waals surface area (Å²) in [5.74, 6) is -0.433. The molecule has 0 saturated carbocycles. The average molecular weight is 442 g/mol. The summed E-state index contributed by atoms with van der Waals surface area (Å²) in [5.41, 5.74) is 10.5. The van der Waals surface area contributed by atoms with Gasteiger partial charge in [-0.15, -0.1) is 0 Å². The Balaban J connectivity index is 1.90. The zero-order valence-corrected chi connectivity index (χ0v) is 18.9. The van der Waals surface area contributed by atoms with Crippen molar-refractivity contribution in [3.8, 4) is 5.88 Å². The number of aromatic amines is 1. The van der Waals surface area contributed by atoms with E-state index in [0.29, 0.717) is 29.0 Å². The second-order valence-corrected chi connectivity index (χ2v) is 8.43. The Morgan fingerprint density at radius 3 is 2.48 bits per heavy atom. The SMILES string of the molecule is CCOC(=O)c1ccc2c(C(=Nc3cccc(C(C)(C)N)c3)c3ccccc3)c(O)[nH]c2c1. The molecule has 0 atom stereocenters. The number of fused-ring (bicyclic) bond motifs is 1. The molecule has 0 aliphatic heterocycles. The fraction of sp³-hybridized carbons (Fsp3) is 0.185. The van der Waals surface area contributed by atoms with Gasteiger partial charge in [-0.3, -0.25) is 0 Å². The molecule has 0 aliphatic rings. The zero-order chi connectivity index (χ0) is 23.6. The standard InChI is InChI=1S/C27H27N3O3/c1-4-33-26(32)18-13-14-21-22(15-18)30-25(31)23(21)24(17-9-6-5-7-10-17)29-20-12-8-11-19(16-20)27(2,3)28/h5-16,30-31H,4,28H2,1-3H3. The molecule has 0 aliphatic carbocycles. The minimum Gasteiger partial charge on any atom is -0.494 e. The number of nitrogens with zero attached hydrogens (tertiary/aromatic N) is 1. The van der Waals surface area contributed by atoms with Crippen LogP contribution in [0.15, 0.2) is 77.8 Å². The highest BCUT2D eigenvalue weighted by molar-refractivity contribution is 6.22. The fourth-order valence-corrected chi connectivity index (χ4v) is 3.73. The molecule has 6 heteroatoms. The summed E-state index contributed by atoms with van der Waals surface area (Å²) in [6.45, 7) is 5.95. The number of carbonyl (C=O) groups is 1. The highest BCUT2D eigenvalue weighted by atomic mass is 16.5. The van der Waals surface area contributed by atoms with Crippen LogP contribution in [0.25, 0.3) is 10.9 Å². The molecule has 0 spiro atoms. The Bertz CT molecular complexity index is 1330. The molecule has 0 bridgehead atoms. The van der Waals surface area contributed by atoms with Crippen molar-refractivity contribution in [3.05, 3.63) is 95.1 Å². The number of nitrogens with two attached hydrogens (primary N) is 1. The highest BCUT2D eigenvalue weighted by Crippen LogP contribution is 2.33. The molecule has 1 heterocycles. The van der Waals surface area contributed by atoms with Crippen LogP contribution in [0.5, 0.6) is 5.88 Å². The maximum absolute atomic E-state index is 12.2. The maximum Gasteiger partial charge on any atom is 0.338 e. The first-order valence-electron chi connectivity index (χ1n) is 10.8. The molecule has 4 N–H and O–H groups in total. The number of carbonyl (C=O) groups excluding carboxylic acids is 1. The normalized spacial score (nSPS) is 12.2. The number of aromatic hydroxyl groups is 1. The Morgan fingerprint density at radius 1 is 1.03 bits per heavy atom. The molecule has 0 radical (unpaired) electrons. The van der Waals surface area contributed by atoms with Crippen LogP contribution in [-0.4, -0.2) is 28.4 Å². The van der Waals surface area contributed by atoms with Crippen LogP contribution in [0.3, 0.4) is 0 Å². The van der Waals surface area contributed by atoms with E-state index in [0.717, 1.165) is 22.2 Å². The monoisotopic (exact) mass is 441 g/mol. The zero-order valence-electron chi connectivity index (χ0n) is 18.9. The van der Waals surface area contributed by atoms with Gasteiger partial charge in [0.2, 0.25) is 0 Å². The number of benzene rings is 3. The molecular formula is C27H27N3O3. The van der Waals surface area contributed by atoms with Gasteiger partial charge >= 0.3 is 5.97 Å². The third-order valence-corrected chi connectivity index (χ3v) is 5.41. The van der Waals surface area contributed by atoms with Crippen molar-refractivity contribution in [1.82, 2.24) is 4.98 Å². The van der Waals surface area contributed by atoms with Crippen LogP contribution in [0.4, 0.5) is 5.69 Å². The van der Waals surface area contributed by atoms with Gasteiger partial charge in [-0.1, -0.05) is 48.5 Å². The molecule has 0 fully saturated rings. The second kappa shape index (κ2) is 8.92. The van der Waals surface area contributed by atoms with Gasteiger partial charge in [-0.25, -0.2) is 9.79 Å². The van der Waals surface area contributed by atoms with Crippen LogP contribution in [-0.2, 0) is 10.3 Å². The molecule has 4 rings (SSSR count). The van der Waals surface area contributed by atoms with Crippen molar-refractivity contribution < 1.29 is 14.6 Å². The van der Waals surface area contributed by atoms with E-state index in [4.69, 9.17) is 15.5 Å². The lowest BCUT2D eigenvalue weighted by molar-refractivity contribution is 0.0526. The van der Waals surface area contributed by atoms with Crippen LogP contribution in [0, 0.1) is 0 Å². The van der Waals surface area contributed by atoms with Gasteiger partial charge in [-0.2, -0.15) is 0 Å². The van der Waals surface area contributed by atoms with Gasteiger partial charge in [0.1, 0.15) is 0 Å². The minimum absolute atomic E-state index is 0.0241. The van der Waals surface area contributed by atoms with Crippen molar-refractivity contribution >= 4 is 28.3 Å². The topological polar surface area (TPSA) is 101 Å². The smallest absolute Gasteiger partial charge is 0.338 e. The average Bonchev–Trinajstić information content (AvgIpc) is 3.12. The summed E-state index contributed by atoms with van der Waals surface area (Å²) < 4.78 is 5.10. The molecule has 1 aromatic heterocycles. The Labute approximate surface area is 192 Å². The van der Waals surface area contributed by atoms with Crippen LogP contribution >= 0.6 is 0 Å². The van der Waals surface area contributed by atoms with Crippen LogP contribution < -0.4 is 5.73 Å². The van der Waals surface area contributed by atoms with Crippen molar-refractivity contribution in [2.75, 3.05) is 6.61 Å². The molecule has 0 unspecified atom stereocenters. The lowest BCUT2D eigenvalue weighted by atomic mass is 9.95. The summed E-state index contributed by atoms with van der Waals surface area (Å²) in [6, 6.07) is 22.6. The molecular weight excluding hydrogens is 414 g/mol. The van der Waals surface area contributed by atoms with Crippen molar-refractivity contribution in [2.45, 2.75) is 26.3 Å². The van der Waals surface area contributed by atoms with E-state index in [9.17, 15) is 9.90 Å². The van der Waals surface area contributed by atoms with E-state index in [1.54, 1.807) is 25.1 Å². The molecule has 0 amide bonds. The van der Waals surface area contributed by atoms with E-state index in [2.05, 4.69) is 4.98 Å². The fourth-order valence-electron chi connectivity index (χ4n) is 3.73. The van der Waals surface area contributed by atoms with Gasteiger partial charge in [0, 0.05) is 22.0 Å². The summed E-state index contributed by atoms with van der Waals surface area (Å²) in [5, 5.41) is 11.6. The van der Waals surface area contributed by atoms with Gasteiger partial charge in [0.15, 0.2) is 5.88 Å². The Hall–Kier alpha value is -3.90. The molecule has 0 saturated heterocycles. The predicted octanol–water partition coefficient (Wildman–Crippen LogP) is 5.41. The lowest BCUT2D eigenvalue weighted by Crippen LogP contribution is -2.28. The number of H-pyrrole nitrogens is 1. The van der Waals surface area contributed by atoms with E-state index in [1.165, 1.54) is 0 Å². The Morgan fingerprint density at radius 2 is 1.79 bits per heavy atom. The molecule has 33 heavy (non-hydrogen) atoms. The van der Waals surface area contributed by atoms with Gasteiger partial charge in [0.25, 0.3) is 0 Å². The second-order valence-electron chi connectivity index (χ2n) is 8.43. The number of aromatic nitrogens is 1. The number of hydrogen-bond donors (Lipinski definition) is 3. The largest absolute Gasteiger partial charge is 0.494 e. The van der Waals surface area contributed by atoms with Crippen molar-refractivity contribution in [1.29, 1.82) is 0 Å². The number of esters is 1. The van der Waals surface area contributed by atoms with E-state index >= 15 is 0 Å². The predicted molar refractivity (Wildman–Crippen MR) is 131 cm³/mol. The quantitative estimate of drug-likeness (QED) is 0.275. The first-order chi connectivity index (χ1) is 15.8.